The minimum Gasteiger partial charge on any atom is -0.397 e. The Kier molecular flexibility index (Phi) is 2.54. The van der Waals surface area contributed by atoms with Crippen LogP contribution in [0.2, 0.25) is 0 Å². The van der Waals surface area contributed by atoms with Crippen molar-refractivity contribution in [1.82, 2.24) is 0 Å². The van der Waals surface area contributed by atoms with Gasteiger partial charge in [-0.05, 0) is 18.1 Å². The lowest BCUT2D eigenvalue weighted by atomic mass is 10.1. The molecule has 1 aromatic rings. The SMILES string of the molecule is CCc1cccc(N)c1N=S. The summed E-state index contributed by atoms with van der Waals surface area (Å²) in [6.07, 6.45) is 0.917. The maximum absolute atomic E-state index is 5.65. The fraction of sp³-hybridized carbons (Fsp3) is 0.250. The summed E-state index contributed by atoms with van der Waals surface area (Å²) >= 11 is 4.60. The first kappa shape index (κ1) is 8.14. The van der Waals surface area contributed by atoms with Gasteiger partial charge in [-0.15, -0.1) is 0 Å². The lowest BCUT2D eigenvalue weighted by molar-refractivity contribution is 1.14. The van der Waals surface area contributed by atoms with Crippen molar-refractivity contribution in [3.63, 3.8) is 0 Å². The van der Waals surface area contributed by atoms with Gasteiger partial charge in [-0.2, -0.15) is 4.36 Å². The molecule has 0 aliphatic heterocycles. The van der Waals surface area contributed by atoms with E-state index in [1.165, 1.54) is 0 Å². The number of benzene rings is 1. The molecule has 0 aliphatic rings. The van der Waals surface area contributed by atoms with Crippen LogP contribution in [0.15, 0.2) is 22.6 Å². The molecule has 58 valence electrons. The smallest absolute Gasteiger partial charge is 0.103 e. The average molecular weight is 166 g/mol. The molecule has 0 atom stereocenters. The van der Waals surface area contributed by atoms with Crippen molar-refractivity contribution >= 4 is 23.8 Å². The molecule has 0 radical (unpaired) electrons. The van der Waals surface area contributed by atoms with Crippen molar-refractivity contribution in [3.05, 3.63) is 23.8 Å². The fourth-order valence-electron chi connectivity index (χ4n) is 1.01. The summed E-state index contributed by atoms with van der Waals surface area (Å²) in [5, 5.41) is 0. The molecule has 0 aliphatic carbocycles. The first-order chi connectivity index (χ1) is 5.29. The van der Waals surface area contributed by atoms with Gasteiger partial charge in [0.2, 0.25) is 0 Å². The van der Waals surface area contributed by atoms with Gasteiger partial charge in [0, 0.05) is 12.4 Å². The second-order valence-corrected chi connectivity index (χ2v) is 2.48. The van der Waals surface area contributed by atoms with Crippen LogP contribution in [0.3, 0.4) is 0 Å². The highest BCUT2D eigenvalue weighted by Gasteiger charge is 2.01. The molecule has 1 aromatic carbocycles. The Morgan fingerprint density at radius 1 is 1.55 bits per heavy atom. The quantitative estimate of drug-likeness (QED) is 0.684. The second kappa shape index (κ2) is 3.44. The molecule has 0 saturated carbocycles. The topological polar surface area (TPSA) is 38.4 Å². The number of aryl methyl sites for hydroxylation is 1. The molecule has 0 amide bonds. The Morgan fingerprint density at radius 3 is 2.73 bits per heavy atom. The molecule has 11 heavy (non-hydrogen) atoms. The van der Waals surface area contributed by atoms with E-state index in [0.29, 0.717) is 5.69 Å². The first-order valence-corrected chi connectivity index (χ1v) is 3.86. The van der Waals surface area contributed by atoms with Crippen molar-refractivity contribution in [2.75, 3.05) is 5.73 Å². The van der Waals surface area contributed by atoms with Crippen LogP contribution in [0, 0.1) is 0 Å². The maximum Gasteiger partial charge on any atom is 0.103 e. The van der Waals surface area contributed by atoms with E-state index in [2.05, 4.69) is 23.7 Å². The van der Waals surface area contributed by atoms with Crippen LogP contribution in [-0.4, -0.2) is 0 Å². The van der Waals surface area contributed by atoms with E-state index in [4.69, 9.17) is 5.73 Å². The third-order valence-corrected chi connectivity index (χ3v) is 1.81. The molecule has 0 unspecified atom stereocenters. The molecule has 0 bridgehead atoms. The summed E-state index contributed by atoms with van der Waals surface area (Å²) in [5.74, 6) is 0. The van der Waals surface area contributed by atoms with Crippen molar-refractivity contribution < 1.29 is 0 Å². The van der Waals surface area contributed by atoms with E-state index in [-0.39, 0.29) is 0 Å². The molecule has 0 fully saturated rings. The van der Waals surface area contributed by atoms with E-state index in [1.807, 2.05) is 18.2 Å². The van der Waals surface area contributed by atoms with Crippen LogP contribution in [0.25, 0.3) is 0 Å². The van der Waals surface area contributed by atoms with Crippen LogP contribution in [-0.2, 0) is 18.8 Å². The zero-order valence-electron chi connectivity index (χ0n) is 6.37. The van der Waals surface area contributed by atoms with Gasteiger partial charge in [-0.25, -0.2) is 0 Å². The molecular weight excluding hydrogens is 156 g/mol. The number of nitrogens with zero attached hydrogens (tertiary/aromatic N) is 1. The third-order valence-electron chi connectivity index (χ3n) is 1.62. The zero-order valence-corrected chi connectivity index (χ0v) is 7.19. The Balaban J connectivity index is 3.24. The summed E-state index contributed by atoms with van der Waals surface area (Å²) in [5.41, 5.74) is 8.18. The predicted octanol–water partition coefficient (Wildman–Crippen LogP) is 2.19. The van der Waals surface area contributed by atoms with Gasteiger partial charge in [0.15, 0.2) is 0 Å². The minimum atomic E-state index is 0.666. The molecule has 0 spiro atoms. The molecule has 1 rings (SSSR count). The minimum absolute atomic E-state index is 0.666. The summed E-state index contributed by atoms with van der Waals surface area (Å²) in [6.45, 7) is 2.05. The van der Waals surface area contributed by atoms with Gasteiger partial charge in [-0.1, -0.05) is 19.1 Å². The monoisotopic (exact) mass is 166 g/mol. The Morgan fingerprint density at radius 2 is 2.27 bits per heavy atom. The van der Waals surface area contributed by atoms with Gasteiger partial charge in [0.05, 0.1) is 5.69 Å². The number of nitrogen functional groups attached to an aromatic ring is 1. The van der Waals surface area contributed by atoms with E-state index >= 15 is 0 Å². The summed E-state index contributed by atoms with van der Waals surface area (Å²) in [6, 6.07) is 5.71. The first-order valence-electron chi connectivity index (χ1n) is 3.50. The second-order valence-electron chi connectivity index (χ2n) is 2.30. The molecule has 2 nitrogen and oxygen atoms in total. The number of hydrogen-bond acceptors (Lipinski definition) is 3. The molecular formula is C8H10N2S. The third kappa shape index (κ3) is 1.54. The Hall–Kier alpha value is -0.960. The van der Waals surface area contributed by atoms with Crippen LogP contribution in [0.5, 0.6) is 0 Å². The van der Waals surface area contributed by atoms with Gasteiger partial charge in [-0.3, -0.25) is 0 Å². The van der Waals surface area contributed by atoms with Crippen LogP contribution >= 0.6 is 0 Å². The lowest BCUT2D eigenvalue weighted by Crippen LogP contribution is -1.88. The van der Waals surface area contributed by atoms with Crippen molar-refractivity contribution in [3.8, 4) is 0 Å². The summed E-state index contributed by atoms with van der Waals surface area (Å²) < 4.78 is 3.70. The normalized spacial score (nSPS) is 9.55. The Bertz CT molecular complexity index is 271. The highest BCUT2D eigenvalue weighted by atomic mass is 32.1. The van der Waals surface area contributed by atoms with E-state index in [9.17, 15) is 0 Å². The summed E-state index contributed by atoms with van der Waals surface area (Å²) in [4.78, 5) is 0. The number of nitrogens with two attached hydrogens (primary N) is 1. The molecule has 3 heteroatoms. The molecule has 0 saturated heterocycles. The lowest BCUT2D eigenvalue weighted by Gasteiger charge is -2.02. The van der Waals surface area contributed by atoms with E-state index in [1.54, 1.807) is 0 Å². The highest BCUT2D eigenvalue weighted by Crippen LogP contribution is 2.26. The summed E-state index contributed by atoms with van der Waals surface area (Å²) in [7, 11) is 0. The van der Waals surface area contributed by atoms with E-state index < -0.39 is 0 Å². The largest absolute Gasteiger partial charge is 0.397 e. The molecule has 2 N–H and O–H groups in total. The van der Waals surface area contributed by atoms with E-state index in [0.717, 1.165) is 17.7 Å². The number of anilines is 1. The zero-order chi connectivity index (χ0) is 8.27. The number of rotatable bonds is 2. The van der Waals surface area contributed by atoms with Crippen LogP contribution in [0.1, 0.15) is 12.5 Å². The molecule has 0 heterocycles. The standard InChI is InChI=1S/C8H10N2S/c1-2-6-4-3-5-7(9)8(6)10-11/h3-5H,2,9H2,1H3. The predicted molar refractivity (Wildman–Crippen MR) is 49.7 cm³/mol. The van der Waals surface area contributed by atoms with Crippen molar-refractivity contribution in [2.45, 2.75) is 13.3 Å². The maximum atomic E-state index is 5.65. The Labute approximate surface area is 71.6 Å². The van der Waals surface area contributed by atoms with Gasteiger partial charge in [0.1, 0.15) is 5.69 Å². The number of hydrogen-bond donors (Lipinski definition) is 1. The van der Waals surface area contributed by atoms with Crippen molar-refractivity contribution in [2.24, 2.45) is 4.36 Å². The van der Waals surface area contributed by atoms with Gasteiger partial charge < -0.3 is 5.73 Å². The van der Waals surface area contributed by atoms with Gasteiger partial charge in [0.25, 0.3) is 0 Å². The van der Waals surface area contributed by atoms with Crippen LogP contribution < -0.4 is 5.73 Å². The fourth-order valence-corrected chi connectivity index (χ4v) is 1.23. The van der Waals surface area contributed by atoms with Gasteiger partial charge >= 0.3 is 0 Å². The van der Waals surface area contributed by atoms with Crippen LogP contribution in [0.4, 0.5) is 11.4 Å². The van der Waals surface area contributed by atoms with Crippen molar-refractivity contribution in [1.29, 1.82) is 0 Å². The highest BCUT2D eigenvalue weighted by molar-refractivity contribution is 7.47. The molecule has 0 aromatic heterocycles. The average Bonchev–Trinajstić information content (AvgIpc) is 2.04.